The molecule has 0 amide bonds. The number of para-hydroxylation sites is 1. The van der Waals surface area contributed by atoms with Crippen molar-refractivity contribution in [2.75, 3.05) is 13.2 Å². The number of fused-ring (bicyclic) bond motifs is 1. The second kappa shape index (κ2) is 9.04. The third kappa shape index (κ3) is 4.07. The summed E-state index contributed by atoms with van der Waals surface area (Å²) in [5.74, 6) is -2.12. The van der Waals surface area contributed by atoms with Crippen LogP contribution in [0.15, 0.2) is 58.5 Å². The van der Waals surface area contributed by atoms with E-state index in [1.807, 2.05) is 0 Å². The van der Waals surface area contributed by atoms with Crippen molar-refractivity contribution in [2.24, 2.45) is 0 Å². The molecule has 0 aliphatic carbocycles. The van der Waals surface area contributed by atoms with E-state index in [4.69, 9.17) is 13.9 Å². The predicted molar refractivity (Wildman–Crippen MR) is 110 cm³/mol. The molecule has 0 bridgehead atoms. The lowest BCUT2D eigenvalue weighted by molar-refractivity contribution is -0.400. The summed E-state index contributed by atoms with van der Waals surface area (Å²) in [6, 6.07) is 13.7. The van der Waals surface area contributed by atoms with Gasteiger partial charge in [0.25, 0.3) is 0 Å². The molecule has 0 saturated heterocycles. The van der Waals surface area contributed by atoms with Crippen LogP contribution in [0.3, 0.4) is 0 Å². The van der Waals surface area contributed by atoms with Crippen LogP contribution in [0.4, 0.5) is 5.88 Å². The molecule has 0 atom stereocenters. The fourth-order valence-corrected chi connectivity index (χ4v) is 3.03. The van der Waals surface area contributed by atoms with E-state index in [1.165, 1.54) is 6.08 Å². The molecule has 30 heavy (non-hydrogen) atoms. The van der Waals surface area contributed by atoms with Gasteiger partial charge in [0.2, 0.25) is 0 Å². The fourth-order valence-electron chi connectivity index (χ4n) is 3.03. The molecule has 1 heterocycles. The first-order chi connectivity index (χ1) is 14.5. The Balaban J connectivity index is 2.24. The van der Waals surface area contributed by atoms with Crippen molar-refractivity contribution < 1.29 is 28.4 Å². The van der Waals surface area contributed by atoms with Gasteiger partial charge in [-0.05, 0) is 25.5 Å². The van der Waals surface area contributed by atoms with Crippen LogP contribution in [0.25, 0.3) is 28.2 Å². The summed E-state index contributed by atoms with van der Waals surface area (Å²) in [5.41, 5.74) is 1.09. The normalized spacial score (nSPS) is 10.5. The molecule has 8 heteroatoms. The van der Waals surface area contributed by atoms with Gasteiger partial charge in [-0.2, -0.15) is 0 Å². The highest BCUT2D eigenvalue weighted by molar-refractivity contribution is 6.18. The maximum atomic E-state index is 12.3. The van der Waals surface area contributed by atoms with E-state index in [2.05, 4.69) is 0 Å². The van der Waals surface area contributed by atoms with Crippen LogP contribution in [0.5, 0.6) is 0 Å². The van der Waals surface area contributed by atoms with Crippen molar-refractivity contribution in [3.05, 3.63) is 69.8 Å². The van der Waals surface area contributed by atoms with Crippen LogP contribution in [-0.2, 0) is 19.1 Å². The number of ether oxygens (including phenoxy) is 2. The molecule has 0 aliphatic rings. The molecule has 8 nitrogen and oxygen atoms in total. The quantitative estimate of drug-likeness (QED) is 0.141. The maximum absolute atomic E-state index is 12.3. The average molecular weight is 409 g/mol. The zero-order chi connectivity index (χ0) is 21.7. The van der Waals surface area contributed by atoms with Gasteiger partial charge in [-0.25, -0.2) is 9.59 Å². The molecule has 0 fully saturated rings. The van der Waals surface area contributed by atoms with Crippen LogP contribution in [0.2, 0.25) is 0 Å². The van der Waals surface area contributed by atoms with Crippen LogP contribution in [0, 0.1) is 10.1 Å². The zero-order valence-electron chi connectivity index (χ0n) is 16.4. The number of benzene rings is 2. The molecule has 3 aromatic rings. The molecule has 2 aromatic carbocycles. The number of nitrogens with zero attached hydrogens (tertiary/aromatic N) is 1. The van der Waals surface area contributed by atoms with Crippen LogP contribution in [0.1, 0.15) is 19.4 Å². The Bertz CT molecular complexity index is 1110. The van der Waals surface area contributed by atoms with Crippen LogP contribution in [-0.4, -0.2) is 30.1 Å². The first-order valence-corrected chi connectivity index (χ1v) is 9.29. The minimum Gasteiger partial charge on any atom is -0.462 e. The summed E-state index contributed by atoms with van der Waals surface area (Å²) < 4.78 is 15.5. The van der Waals surface area contributed by atoms with Crippen molar-refractivity contribution in [2.45, 2.75) is 13.8 Å². The third-order valence-corrected chi connectivity index (χ3v) is 4.25. The summed E-state index contributed by atoms with van der Waals surface area (Å²) >= 11 is 0. The summed E-state index contributed by atoms with van der Waals surface area (Å²) in [5, 5.41) is 12.1. The maximum Gasteiger partial charge on any atom is 0.442 e. The molecule has 1 aromatic heterocycles. The smallest absolute Gasteiger partial charge is 0.442 e. The molecule has 0 N–H and O–H groups in total. The summed E-state index contributed by atoms with van der Waals surface area (Å²) in [6.45, 7) is 3.38. The first-order valence-electron chi connectivity index (χ1n) is 9.29. The number of hydrogen-bond acceptors (Lipinski definition) is 7. The van der Waals surface area contributed by atoms with Gasteiger partial charge < -0.3 is 13.9 Å². The Labute approximate surface area is 171 Å². The standard InChI is InChI=1S/C22H19NO7/c1-3-28-21(24)17(22(25)29-4-2)13-15-11-8-12-16-18(14-9-6-5-7-10-14)20(23(26)27)30-19(15)16/h5-13H,3-4H2,1-2H3. The lowest BCUT2D eigenvalue weighted by Crippen LogP contribution is -2.18. The number of rotatable bonds is 7. The Morgan fingerprint density at radius 1 is 1.00 bits per heavy atom. The fraction of sp³-hybridized carbons (Fsp3) is 0.182. The van der Waals surface area contributed by atoms with E-state index in [9.17, 15) is 19.7 Å². The molecular weight excluding hydrogens is 390 g/mol. The topological polar surface area (TPSA) is 109 Å². The molecule has 0 radical (unpaired) electrons. The number of esters is 2. The van der Waals surface area contributed by atoms with Gasteiger partial charge in [0.15, 0.2) is 0 Å². The molecule has 154 valence electrons. The van der Waals surface area contributed by atoms with Crippen molar-refractivity contribution in [3.8, 4) is 11.1 Å². The van der Waals surface area contributed by atoms with Gasteiger partial charge >= 0.3 is 17.8 Å². The van der Waals surface area contributed by atoms with Gasteiger partial charge in [0.05, 0.1) is 13.2 Å². The van der Waals surface area contributed by atoms with E-state index in [0.717, 1.165) is 0 Å². The summed E-state index contributed by atoms with van der Waals surface area (Å²) in [7, 11) is 0. The van der Waals surface area contributed by atoms with Gasteiger partial charge in [0.1, 0.15) is 21.6 Å². The van der Waals surface area contributed by atoms with Crippen LogP contribution >= 0.6 is 0 Å². The largest absolute Gasteiger partial charge is 0.462 e. The minimum absolute atomic E-state index is 0.0736. The van der Waals surface area contributed by atoms with E-state index < -0.39 is 22.7 Å². The van der Waals surface area contributed by atoms with Crippen LogP contribution < -0.4 is 0 Å². The number of carbonyl (C=O) groups excluding carboxylic acids is 2. The van der Waals surface area contributed by atoms with Gasteiger partial charge in [-0.15, -0.1) is 0 Å². The van der Waals surface area contributed by atoms with E-state index in [-0.39, 0.29) is 24.4 Å². The Morgan fingerprint density at radius 3 is 2.20 bits per heavy atom. The van der Waals surface area contributed by atoms with E-state index in [0.29, 0.717) is 22.1 Å². The molecule has 0 saturated carbocycles. The Hall–Kier alpha value is -3.94. The molecule has 3 rings (SSSR count). The number of nitro groups is 1. The molecule has 0 unspecified atom stereocenters. The SMILES string of the molecule is CCOC(=O)C(=Cc1cccc2c(-c3ccccc3)c([N+](=O)[O-])oc12)C(=O)OCC. The second-order valence-corrected chi connectivity index (χ2v) is 6.13. The van der Waals surface area contributed by atoms with Gasteiger partial charge in [-0.3, -0.25) is 10.1 Å². The van der Waals surface area contributed by atoms with Gasteiger partial charge in [-0.1, -0.05) is 48.5 Å². The van der Waals surface area contributed by atoms with Crippen molar-refractivity contribution >= 4 is 34.9 Å². The highest BCUT2D eigenvalue weighted by Crippen LogP contribution is 2.41. The number of carbonyl (C=O) groups is 2. The lowest BCUT2D eigenvalue weighted by Gasteiger charge is -2.06. The Kier molecular flexibility index (Phi) is 6.26. The highest BCUT2D eigenvalue weighted by atomic mass is 16.6. The zero-order valence-corrected chi connectivity index (χ0v) is 16.4. The minimum atomic E-state index is -0.850. The van der Waals surface area contributed by atoms with E-state index >= 15 is 0 Å². The predicted octanol–water partition coefficient (Wildman–Crippen LogP) is 4.52. The molecule has 0 spiro atoms. The monoisotopic (exact) mass is 409 g/mol. The third-order valence-electron chi connectivity index (χ3n) is 4.25. The lowest BCUT2D eigenvalue weighted by atomic mass is 10.0. The number of furan rings is 1. The summed E-state index contributed by atoms with van der Waals surface area (Å²) in [4.78, 5) is 35.6. The van der Waals surface area contributed by atoms with Crippen molar-refractivity contribution in [3.63, 3.8) is 0 Å². The van der Waals surface area contributed by atoms with Gasteiger partial charge in [0, 0.05) is 10.9 Å². The first kappa shape index (κ1) is 20.8. The molecule has 0 aliphatic heterocycles. The average Bonchev–Trinajstić information content (AvgIpc) is 3.13. The van der Waals surface area contributed by atoms with Crippen molar-refractivity contribution in [1.29, 1.82) is 0 Å². The van der Waals surface area contributed by atoms with Crippen molar-refractivity contribution in [1.82, 2.24) is 0 Å². The summed E-state index contributed by atoms with van der Waals surface area (Å²) in [6.07, 6.45) is 1.26. The second-order valence-electron chi connectivity index (χ2n) is 6.13. The molecular formula is C22H19NO7. The Morgan fingerprint density at radius 2 is 1.63 bits per heavy atom. The number of hydrogen-bond donors (Lipinski definition) is 0. The highest BCUT2D eigenvalue weighted by Gasteiger charge is 2.27. The van der Waals surface area contributed by atoms with E-state index in [1.54, 1.807) is 62.4 Å².